The van der Waals surface area contributed by atoms with Crippen LogP contribution < -0.4 is 0 Å². The normalized spacial score (nSPS) is 19.5. The van der Waals surface area contributed by atoms with Gasteiger partial charge in [-0.2, -0.15) is 0 Å². The molecule has 22 heavy (non-hydrogen) atoms. The predicted molar refractivity (Wildman–Crippen MR) is 83.1 cm³/mol. The zero-order chi connectivity index (χ0) is 14.8. The van der Waals surface area contributed by atoms with Crippen LogP contribution in [0.4, 0.5) is 0 Å². The summed E-state index contributed by atoms with van der Waals surface area (Å²) >= 11 is 0. The molecule has 0 saturated carbocycles. The van der Waals surface area contributed by atoms with E-state index in [9.17, 15) is 0 Å². The summed E-state index contributed by atoms with van der Waals surface area (Å²) in [6, 6.07) is 4.21. The molecule has 2 aliphatic heterocycles. The molecule has 6 nitrogen and oxygen atoms in total. The third kappa shape index (κ3) is 2.89. The van der Waals surface area contributed by atoms with Gasteiger partial charge in [-0.05, 0) is 24.1 Å². The minimum Gasteiger partial charge on any atom is -0.314 e. The molecule has 0 amide bonds. The molecule has 0 unspecified atom stereocenters. The van der Waals surface area contributed by atoms with Gasteiger partial charge in [-0.15, -0.1) is 10.2 Å². The van der Waals surface area contributed by atoms with Gasteiger partial charge in [0, 0.05) is 58.1 Å². The van der Waals surface area contributed by atoms with Crippen LogP contribution in [0.1, 0.15) is 23.6 Å². The van der Waals surface area contributed by atoms with Crippen LogP contribution in [0.3, 0.4) is 0 Å². The highest BCUT2D eigenvalue weighted by Crippen LogP contribution is 2.16. The fraction of sp³-hybridized carbons (Fsp3) is 0.562. The summed E-state index contributed by atoms with van der Waals surface area (Å²) in [6.07, 6.45) is 6.05. The summed E-state index contributed by atoms with van der Waals surface area (Å²) in [5, 5.41) is 8.67. The highest BCUT2D eigenvalue weighted by Gasteiger charge is 2.22. The van der Waals surface area contributed by atoms with Crippen LogP contribution in [0.2, 0.25) is 0 Å². The Labute approximate surface area is 130 Å². The lowest BCUT2D eigenvalue weighted by Crippen LogP contribution is -2.45. The number of nitrogens with zero attached hydrogens (tertiary/aromatic N) is 6. The highest BCUT2D eigenvalue weighted by atomic mass is 15.3. The molecule has 2 aromatic heterocycles. The summed E-state index contributed by atoms with van der Waals surface area (Å²) < 4.78 is 2.31. The van der Waals surface area contributed by atoms with Gasteiger partial charge in [-0.3, -0.25) is 14.8 Å². The molecule has 4 rings (SSSR count). The predicted octanol–water partition coefficient (Wildman–Crippen LogP) is 0.937. The highest BCUT2D eigenvalue weighted by molar-refractivity contribution is 5.09. The Balaban J connectivity index is 1.30. The first-order chi connectivity index (χ1) is 10.9. The SMILES string of the molecule is c1cc(CN2CCN(Cc3nnc4n3CCC4)CC2)ccn1. The van der Waals surface area contributed by atoms with Crippen molar-refractivity contribution in [1.29, 1.82) is 0 Å². The molecular formula is C16H22N6. The van der Waals surface area contributed by atoms with E-state index in [1.54, 1.807) is 0 Å². The van der Waals surface area contributed by atoms with Crippen molar-refractivity contribution in [2.24, 2.45) is 0 Å². The van der Waals surface area contributed by atoms with Crippen molar-refractivity contribution in [1.82, 2.24) is 29.5 Å². The monoisotopic (exact) mass is 298 g/mol. The maximum Gasteiger partial charge on any atom is 0.147 e. The maximum absolute atomic E-state index is 4.37. The molecule has 0 N–H and O–H groups in total. The summed E-state index contributed by atoms with van der Waals surface area (Å²) in [5.41, 5.74) is 1.35. The molecule has 6 heteroatoms. The van der Waals surface area contributed by atoms with Crippen molar-refractivity contribution in [2.45, 2.75) is 32.5 Å². The molecule has 0 atom stereocenters. The summed E-state index contributed by atoms with van der Waals surface area (Å²) in [4.78, 5) is 9.09. The zero-order valence-corrected chi connectivity index (χ0v) is 12.9. The first-order valence-corrected chi connectivity index (χ1v) is 8.13. The van der Waals surface area contributed by atoms with Crippen molar-refractivity contribution in [3.05, 3.63) is 41.7 Å². The van der Waals surface area contributed by atoms with Crippen LogP contribution in [-0.4, -0.2) is 55.7 Å². The summed E-state index contributed by atoms with van der Waals surface area (Å²) in [6.45, 7) is 7.50. The van der Waals surface area contributed by atoms with Crippen molar-refractivity contribution in [3.63, 3.8) is 0 Å². The molecule has 2 aromatic rings. The van der Waals surface area contributed by atoms with E-state index >= 15 is 0 Å². The minimum atomic E-state index is 0.941. The van der Waals surface area contributed by atoms with E-state index in [0.29, 0.717) is 0 Å². The largest absolute Gasteiger partial charge is 0.314 e. The smallest absolute Gasteiger partial charge is 0.147 e. The topological polar surface area (TPSA) is 50.1 Å². The van der Waals surface area contributed by atoms with Crippen LogP contribution in [0, 0.1) is 0 Å². The van der Waals surface area contributed by atoms with E-state index in [0.717, 1.165) is 58.1 Å². The van der Waals surface area contributed by atoms with E-state index in [1.165, 1.54) is 17.8 Å². The second-order valence-electron chi connectivity index (χ2n) is 6.20. The molecular weight excluding hydrogens is 276 g/mol. The van der Waals surface area contributed by atoms with Gasteiger partial charge in [0.05, 0.1) is 6.54 Å². The standard InChI is InChI=1S/C16H22N6/c1-2-15-18-19-16(22(15)7-1)13-21-10-8-20(9-11-21)12-14-3-5-17-6-4-14/h3-6H,1-2,7-13H2. The van der Waals surface area contributed by atoms with Gasteiger partial charge in [0.15, 0.2) is 0 Å². The van der Waals surface area contributed by atoms with Crippen LogP contribution in [-0.2, 0) is 26.1 Å². The average molecular weight is 298 g/mol. The van der Waals surface area contributed by atoms with Crippen molar-refractivity contribution < 1.29 is 0 Å². The third-order valence-electron chi connectivity index (χ3n) is 4.67. The van der Waals surface area contributed by atoms with Gasteiger partial charge in [0.2, 0.25) is 0 Å². The van der Waals surface area contributed by atoms with Gasteiger partial charge < -0.3 is 4.57 Å². The number of hydrogen-bond donors (Lipinski definition) is 0. The quantitative estimate of drug-likeness (QED) is 0.841. The van der Waals surface area contributed by atoms with E-state index in [4.69, 9.17) is 0 Å². The Morgan fingerprint density at radius 3 is 2.36 bits per heavy atom. The van der Waals surface area contributed by atoms with E-state index in [1.807, 2.05) is 12.4 Å². The van der Waals surface area contributed by atoms with Gasteiger partial charge in [-0.1, -0.05) is 0 Å². The Morgan fingerprint density at radius 1 is 0.864 bits per heavy atom. The lowest BCUT2D eigenvalue weighted by atomic mass is 10.2. The molecule has 0 spiro atoms. The number of pyridine rings is 1. The Morgan fingerprint density at radius 2 is 1.59 bits per heavy atom. The lowest BCUT2D eigenvalue weighted by Gasteiger charge is -2.34. The van der Waals surface area contributed by atoms with Crippen LogP contribution in [0.25, 0.3) is 0 Å². The fourth-order valence-electron chi connectivity index (χ4n) is 3.38. The van der Waals surface area contributed by atoms with Gasteiger partial charge in [0.1, 0.15) is 11.6 Å². The summed E-state index contributed by atoms with van der Waals surface area (Å²) in [5.74, 6) is 2.32. The van der Waals surface area contributed by atoms with Gasteiger partial charge in [-0.25, -0.2) is 0 Å². The second kappa shape index (κ2) is 6.14. The first kappa shape index (κ1) is 13.8. The minimum absolute atomic E-state index is 0.941. The molecule has 0 aromatic carbocycles. The average Bonchev–Trinajstić information content (AvgIpc) is 3.15. The Bertz CT molecular complexity index is 615. The third-order valence-corrected chi connectivity index (χ3v) is 4.67. The van der Waals surface area contributed by atoms with Gasteiger partial charge in [0.25, 0.3) is 0 Å². The van der Waals surface area contributed by atoms with E-state index in [-0.39, 0.29) is 0 Å². The Hall–Kier alpha value is -1.79. The maximum atomic E-state index is 4.37. The van der Waals surface area contributed by atoms with Gasteiger partial charge >= 0.3 is 0 Å². The molecule has 0 radical (unpaired) electrons. The van der Waals surface area contributed by atoms with Crippen molar-refractivity contribution in [2.75, 3.05) is 26.2 Å². The lowest BCUT2D eigenvalue weighted by molar-refractivity contribution is 0.119. The second-order valence-corrected chi connectivity index (χ2v) is 6.20. The number of hydrogen-bond acceptors (Lipinski definition) is 5. The van der Waals surface area contributed by atoms with E-state index in [2.05, 4.69) is 41.7 Å². The molecule has 116 valence electrons. The fourth-order valence-corrected chi connectivity index (χ4v) is 3.38. The van der Waals surface area contributed by atoms with Crippen molar-refractivity contribution in [3.8, 4) is 0 Å². The number of aromatic nitrogens is 4. The van der Waals surface area contributed by atoms with Crippen LogP contribution in [0.15, 0.2) is 24.5 Å². The Kier molecular flexibility index (Phi) is 3.86. The summed E-state index contributed by atoms with van der Waals surface area (Å²) in [7, 11) is 0. The number of rotatable bonds is 4. The zero-order valence-electron chi connectivity index (χ0n) is 12.9. The number of piperazine rings is 1. The number of aryl methyl sites for hydroxylation is 1. The molecule has 0 aliphatic carbocycles. The van der Waals surface area contributed by atoms with Crippen LogP contribution >= 0.6 is 0 Å². The van der Waals surface area contributed by atoms with Crippen LogP contribution in [0.5, 0.6) is 0 Å². The molecule has 0 bridgehead atoms. The molecule has 2 aliphatic rings. The van der Waals surface area contributed by atoms with Crippen molar-refractivity contribution >= 4 is 0 Å². The molecule has 4 heterocycles. The number of fused-ring (bicyclic) bond motifs is 1. The molecule has 1 fully saturated rings. The molecule has 1 saturated heterocycles. The van der Waals surface area contributed by atoms with E-state index < -0.39 is 0 Å². The first-order valence-electron chi connectivity index (χ1n) is 8.13.